The third kappa shape index (κ3) is 8.14. The third-order valence-electron chi connectivity index (χ3n) is 5.65. The monoisotopic (exact) mass is 526 g/mol. The molecule has 0 fully saturated rings. The van der Waals surface area contributed by atoms with Crippen LogP contribution in [0.4, 0.5) is 0 Å². The van der Waals surface area contributed by atoms with Gasteiger partial charge >= 0.3 is 33.7 Å². The Bertz CT molecular complexity index is 1360. The molecule has 0 saturated carbocycles. The molecule has 0 radical (unpaired) electrons. The number of benzene rings is 4. The van der Waals surface area contributed by atoms with Gasteiger partial charge in [-0.1, -0.05) is 86.6 Å². The second-order valence-corrected chi connectivity index (χ2v) is 8.13. The minimum atomic E-state index is -0.745. The van der Waals surface area contributed by atoms with Crippen molar-refractivity contribution in [1.29, 1.82) is 0 Å². The van der Waals surface area contributed by atoms with Gasteiger partial charge in [0.25, 0.3) is 0 Å². The zero-order valence-corrected chi connectivity index (χ0v) is 22.6. The Balaban J connectivity index is 0.000000190. The normalized spacial score (nSPS) is 9.78. The maximum atomic E-state index is 9.37. The first kappa shape index (κ1) is 29.5. The summed E-state index contributed by atoms with van der Waals surface area (Å²) in [5, 5.41) is 26.2. The Hall–Kier alpha value is -3.73. The fourth-order valence-corrected chi connectivity index (χ4v) is 3.81. The molecule has 0 atom stereocenters. The molecule has 186 valence electrons. The summed E-state index contributed by atoms with van der Waals surface area (Å²) in [6.45, 7) is 3.20. The van der Waals surface area contributed by atoms with Gasteiger partial charge in [0.05, 0.1) is 0 Å². The van der Waals surface area contributed by atoms with Crippen molar-refractivity contribution in [2.45, 2.75) is 26.7 Å². The van der Waals surface area contributed by atoms with Crippen LogP contribution >= 0.6 is 0 Å². The van der Waals surface area contributed by atoms with Crippen molar-refractivity contribution in [2.24, 2.45) is 0 Å². The van der Waals surface area contributed by atoms with Crippen molar-refractivity contribution in [3.63, 3.8) is 0 Å². The zero-order valence-electron chi connectivity index (χ0n) is 21.0. The van der Waals surface area contributed by atoms with Crippen molar-refractivity contribution in [3.05, 3.63) is 109 Å². The van der Waals surface area contributed by atoms with Gasteiger partial charge < -0.3 is 10.2 Å². The molecule has 0 unspecified atom stereocenters. The number of fused-ring (bicyclic) bond motifs is 6. The van der Waals surface area contributed by atoms with Crippen LogP contribution in [0, 0.1) is 0 Å². The summed E-state index contributed by atoms with van der Waals surface area (Å²) >= 11 is 0. The maximum Gasteiger partial charge on any atom is 2.00 e. The van der Waals surface area contributed by atoms with Crippen molar-refractivity contribution in [1.82, 2.24) is 0 Å². The van der Waals surface area contributed by atoms with Crippen LogP contribution in [0.15, 0.2) is 109 Å². The Morgan fingerprint density at radius 3 is 0.892 bits per heavy atom. The molecule has 0 aliphatic heterocycles. The van der Waals surface area contributed by atoms with Gasteiger partial charge in [0.15, 0.2) is 0 Å². The Morgan fingerprint density at radius 2 is 0.703 bits per heavy atom. The molecule has 0 aliphatic carbocycles. The van der Waals surface area contributed by atoms with Crippen LogP contribution in [0.1, 0.15) is 26.7 Å². The molecule has 5 heteroatoms. The topological polar surface area (TPSA) is 74.6 Å². The van der Waals surface area contributed by atoms with Crippen LogP contribution in [-0.2, 0) is 31.3 Å². The van der Waals surface area contributed by atoms with E-state index in [1.807, 2.05) is 0 Å². The number of rotatable bonds is 2. The zero-order chi connectivity index (χ0) is 25.9. The first-order valence-electron chi connectivity index (χ1n) is 11.9. The number of hydrogen-bond acceptors (Lipinski definition) is 2. The van der Waals surface area contributed by atoms with Crippen molar-refractivity contribution in [3.8, 4) is 0 Å². The van der Waals surface area contributed by atoms with E-state index >= 15 is 0 Å². The molecule has 6 rings (SSSR count). The first-order valence-corrected chi connectivity index (χ1v) is 11.9. The Morgan fingerprint density at radius 1 is 0.514 bits per heavy atom. The van der Waals surface area contributed by atoms with E-state index in [4.69, 9.17) is 10.2 Å². The standard InChI is InChI=1S/2C13H9.2C3H6O2.Ti/c2*1-3-7-12-10(5-1)9-11-6-2-4-8-13(11)12;2*1-2-3(4)5;/h2*1-9H;2*2H2,1H3,(H,4,5);/q2*-1;;;+2. The van der Waals surface area contributed by atoms with Crippen LogP contribution in [-0.4, -0.2) is 22.2 Å². The molecule has 0 heterocycles. The molecule has 6 aromatic carbocycles. The molecule has 0 spiro atoms. The van der Waals surface area contributed by atoms with Crippen LogP contribution in [0.25, 0.3) is 43.1 Å². The summed E-state index contributed by atoms with van der Waals surface area (Å²) in [7, 11) is 0. The minimum Gasteiger partial charge on any atom is -0.481 e. The molecular formula is C32H30O4Ti. The first-order chi connectivity index (χ1) is 17.4. The van der Waals surface area contributed by atoms with E-state index in [1.165, 1.54) is 43.1 Å². The van der Waals surface area contributed by atoms with E-state index < -0.39 is 11.9 Å². The summed E-state index contributed by atoms with van der Waals surface area (Å²) in [4.78, 5) is 18.7. The number of aliphatic carboxylic acids is 2. The van der Waals surface area contributed by atoms with Crippen LogP contribution < -0.4 is 0 Å². The number of carboxylic acids is 2. The maximum absolute atomic E-state index is 9.37. The van der Waals surface area contributed by atoms with Crippen molar-refractivity contribution < 1.29 is 41.5 Å². The van der Waals surface area contributed by atoms with Gasteiger partial charge in [-0.05, 0) is 0 Å². The molecule has 6 aromatic rings. The van der Waals surface area contributed by atoms with Gasteiger partial charge in [0.2, 0.25) is 0 Å². The molecule has 2 N–H and O–H groups in total. The minimum absolute atomic E-state index is 0. The third-order valence-corrected chi connectivity index (χ3v) is 5.65. The molecule has 37 heavy (non-hydrogen) atoms. The van der Waals surface area contributed by atoms with Gasteiger partial charge in [-0.15, -0.1) is 79.5 Å². The fourth-order valence-electron chi connectivity index (χ4n) is 3.81. The van der Waals surface area contributed by atoms with E-state index in [0.717, 1.165) is 0 Å². The molecule has 0 amide bonds. The van der Waals surface area contributed by atoms with Crippen molar-refractivity contribution in [2.75, 3.05) is 0 Å². The van der Waals surface area contributed by atoms with E-state index in [1.54, 1.807) is 13.8 Å². The summed E-state index contributed by atoms with van der Waals surface area (Å²) in [6.07, 6.45) is 0.444. The SMILES string of the molecule is CCC(=O)O.CCC(=O)O.[Ti+2].c1ccc2c(c1)[cH-]c1ccccc12.c1ccc2c(c1)[cH-]c1ccccc12. The van der Waals surface area contributed by atoms with Crippen molar-refractivity contribution >= 4 is 55.0 Å². The molecule has 0 aromatic heterocycles. The Kier molecular flexibility index (Phi) is 11.8. The van der Waals surface area contributed by atoms with Gasteiger partial charge in [0, 0.05) is 12.8 Å². The molecule has 0 bridgehead atoms. The predicted octanol–water partition coefficient (Wildman–Crippen LogP) is 8.38. The summed E-state index contributed by atoms with van der Waals surface area (Å²) in [5.74, 6) is -1.49. The van der Waals surface area contributed by atoms with Gasteiger partial charge in [-0.2, -0.15) is 0 Å². The van der Waals surface area contributed by atoms with E-state index in [9.17, 15) is 9.59 Å². The largest absolute Gasteiger partial charge is 2.00 e. The van der Waals surface area contributed by atoms with Gasteiger partial charge in [0.1, 0.15) is 0 Å². The van der Waals surface area contributed by atoms with Crippen LogP contribution in [0.5, 0.6) is 0 Å². The summed E-state index contributed by atoms with van der Waals surface area (Å²) < 4.78 is 0. The smallest absolute Gasteiger partial charge is 0.481 e. The van der Waals surface area contributed by atoms with Gasteiger partial charge in [-0.25, -0.2) is 0 Å². The number of carboxylic acid groups (broad SMARTS) is 2. The molecule has 0 aliphatic rings. The fraction of sp³-hybridized carbons (Fsp3) is 0.125. The van der Waals surface area contributed by atoms with E-state index in [2.05, 4.69) is 109 Å². The van der Waals surface area contributed by atoms with Crippen LogP contribution in [0.3, 0.4) is 0 Å². The van der Waals surface area contributed by atoms with Crippen LogP contribution in [0.2, 0.25) is 0 Å². The second kappa shape index (κ2) is 14.7. The van der Waals surface area contributed by atoms with Gasteiger partial charge in [-0.3, -0.25) is 9.59 Å². The molecule has 4 nitrogen and oxygen atoms in total. The summed E-state index contributed by atoms with van der Waals surface area (Å²) in [5.41, 5.74) is 0. The quantitative estimate of drug-likeness (QED) is 0.176. The molecule has 0 saturated heterocycles. The number of carbonyl (C=O) groups is 2. The predicted molar refractivity (Wildman–Crippen MR) is 150 cm³/mol. The average molecular weight is 526 g/mol. The van der Waals surface area contributed by atoms with E-state index in [0.29, 0.717) is 0 Å². The summed E-state index contributed by atoms with van der Waals surface area (Å²) in [6, 6.07) is 38.5. The Labute approximate surface area is 231 Å². The number of hydrogen-bond donors (Lipinski definition) is 2. The second-order valence-electron chi connectivity index (χ2n) is 8.13. The van der Waals surface area contributed by atoms with E-state index in [-0.39, 0.29) is 34.6 Å². The molecular weight excluding hydrogens is 496 g/mol. The average Bonchev–Trinajstić information content (AvgIpc) is 3.48.